The Morgan fingerprint density at radius 2 is 1.62 bits per heavy atom. The number of halogens is 4. The predicted octanol–water partition coefficient (Wildman–Crippen LogP) is 5.74. The third-order valence-electron chi connectivity index (χ3n) is 3.97. The van der Waals surface area contributed by atoms with Crippen molar-refractivity contribution in [2.45, 2.75) is 6.18 Å². The zero-order valence-corrected chi connectivity index (χ0v) is 14.0. The molecule has 0 fully saturated rings. The van der Waals surface area contributed by atoms with E-state index in [0.717, 1.165) is 10.6 Å². The van der Waals surface area contributed by atoms with Crippen LogP contribution in [-0.4, -0.2) is 14.6 Å². The van der Waals surface area contributed by atoms with Crippen molar-refractivity contribution in [3.63, 3.8) is 0 Å². The first-order chi connectivity index (χ1) is 12.4. The maximum Gasteiger partial charge on any atom is 0.433 e. The summed E-state index contributed by atoms with van der Waals surface area (Å²) in [4.78, 5) is 4.44. The summed E-state index contributed by atoms with van der Waals surface area (Å²) in [5, 5.41) is 4.40. The molecule has 0 radical (unpaired) electrons. The van der Waals surface area contributed by atoms with Gasteiger partial charge in [-0.3, -0.25) is 0 Å². The molecular formula is C19H11ClF3N3. The van der Waals surface area contributed by atoms with E-state index < -0.39 is 11.9 Å². The molecular weight excluding hydrogens is 363 g/mol. The van der Waals surface area contributed by atoms with Crippen LogP contribution < -0.4 is 0 Å². The van der Waals surface area contributed by atoms with Gasteiger partial charge in [0, 0.05) is 16.1 Å². The topological polar surface area (TPSA) is 30.2 Å². The van der Waals surface area contributed by atoms with Crippen molar-refractivity contribution in [2.24, 2.45) is 0 Å². The Morgan fingerprint density at radius 3 is 2.31 bits per heavy atom. The van der Waals surface area contributed by atoms with Gasteiger partial charge < -0.3 is 0 Å². The van der Waals surface area contributed by atoms with Gasteiger partial charge in [-0.25, -0.2) is 9.50 Å². The monoisotopic (exact) mass is 373 g/mol. The van der Waals surface area contributed by atoms with E-state index in [1.807, 2.05) is 0 Å². The molecule has 0 saturated heterocycles. The molecule has 0 aliphatic heterocycles. The summed E-state index contributed by atoms with van der Waals surface area (Å²) in [6.07, 6.45) is -3.19. The molecule has 2 aromatic heterocycles. The summed E-state index contributed by atoms with van der Waals surface area (Å²) in [5.41, 5.74) is 1.21. The summed E-state index contributed by atoms with van der Waals surface area (Å²) >= 11 is 6.02. The van der Waals surface area contributed by atoms with Gasteiger partial charge in [-0.1, -0.05) is 54.1 Å². The van der Waals surface area contributed by atoms with Crippen molar-refractivity contribution in [2.75, 3.05) is 0 Å². The Kier molecular flexibility index (Phi) is 3.92. The normalized spacial score (nSPS) is 11.8. The van der Waals surface area contributed by atoms with Crippen molar-refractivity contribution in [1.82, 2.24) is 14.6 Å². The molecule has 2 heterocycles. The molecule has 2 aromatic carbocycles. The molecule has 0 N–H and O–H groups in total. The minimum absolute atomic E-state index is 0.126. The van der Waals surface area contributed by atoms with E-state index in [1.54, 1.807) is 54.6 Å². The van der Waals surface area contributed by atoms with Gasteiger partial charge in [0.05, 0.1) is 11.9 Å². The molecule has 0 amide bonds. The van der Waals surface area contributed by atoms with Crippen molar-refractivity contribution >= 4 is 17.2 Å². The van der Waals surface area contributed by atoms with Crippen molar-refractivity contribution in [3.05, 3.63) is 77.6 Å². The molecule has 130 valence electrons. The molecule has 0 atom stereocenters. The highest BCUT2D eigenvalue weighted by Crippen LogP contribution is 2.35. The number of fused-ring (bicyclic) bond motifs is 1. The average Bonchev–Trinajstić information content (AvgIpc) is 3.04. The maximum atomic E-state index is 13.6. The fourth-order valence-corrected chi connectivity index (χ4v) is 2.97. The molecule has 7 heteroatoms. The highest BCUT2D eigenvalue weighted by molar-refractivity contribution is 6.30. The number of aromatic nitrogens is 3. The minimum atomic E-state index is -4.57. The van der Waals surface area contributed by atoms with Gasteiger partial charge in [0.1, 0.15) is 0 Å². The number of rotatable bonds is 2. The molecule has 3 nitrogen and oxygen atoms in total. The Balaban J connectivity index is 2.02. The van der Waals surface area contributed by atoms with Crippen molar-refractivity contribution in [1.29, 1.82) is 0 Å². The van der Waals surface area contributed by atoms with Gasteiger partial charge in [0.25, 0.3) is 0 Å². The average molecular weight is 374 g/mol. The van der Waals surface area contributed by atoms with Gasteiger partial charge in [-0.15, -0.1) is 0 Å². The van der Waals surface area contributed by atoms with E-state index >= 15 is 0 Å². The molecule has 26 heavy (non-hydrogen) atoms. The van der Waals surface area contributed by atoms with Crippen molar-refractivity contribution < 1.29 is 13.2 Å². The molecule has 4 aromatic rings. The van der Waals surface area contributed by atoms with Gasteiger partial charge in [-0.05, 0) is 23.8 Å². The molecule has 0 unspecified atom stereocenters. The van der Waals surface area contributed by atoms with Gasteiger partial charge in [0.2, 0.25) is 0 Å². The van der Waals surface area contributed by atoms with E-state index in [9.17, 15) is 13.2 Å². The summed E-state index contributed by atoms with van der Waals surface area (Å²) in [6.45, 7) is 0. The van der Waals surface area contributed by atoms with Crippen LogP contribution in [0.25, 0.3) is 28.0 Å². The largest absolute Gasteiger partial charge is 0.433 e. The van der Waals surface area contributed by atoms with Crippen LogP contribution in [-0.2, 0) is 6.18 Å². The first-order valence-electron chi connectivity index (χ1n) is 7.71. The summed E-state index contributed by atoms with van der Waals surface area (Å²) in [7, 11) is 0. The van der Waals surface area contributed by atoms with E-state index in [0.29, 0.717) is 21.7 Å². The lowest BCUT2D eigenvalue weighted by Crippen LogP contribution is -2.13. The molecule has 0 aliphatic carbocycles. The van der Waals surface area contributed by atoms with E-state index in [2.05, 4.69) is 10.1 Å². The fourth-order valence-electron chi connectivity index (χ4n) is 2.78. The Hall–Kier alpha value is -2.86. The fraction of sp³-hybridized carbons (Fsp3) is 0.0526. The Labute approximate surface area is 151 Å². The zero-order valence-electron chi connectivity index (χ0n) is 13.2. The zero-order chi connectivity index (χ0) is 18.3. The van der Waals surface area contributed by atoms with Crippen LogP contribution in [0.4, 0.5) is 13.2 Å². The molecule has 0 bridgehead atoms. The summed E-state index contributed by atoms with van der Waals surface area (Å²) in [6, 6.07) is 16.6. The second-order valence-electron chi connectivity index (χ2n) is 5.69. The lowest BCUT2D eigenvalue weighted by atomic mass is 10.1. The minimum Gasteiger partial charge on any atom is -0.228 e. The molecule has 4 rings (SSSR count). The van der Waals surface area contributed by atoms with Gasteiger partial charge in [0.15, 0.2) is 11.3 Å². The number of benzene rings is 2. The molecule has 0 aliphatic rings. The lowest BCUT2D eigenvalue weighted by molar-refractivity contribution is -0.142. The molecule has 0 saturated carbocycles. The van der Waals surface area contributed by atoms with Crippen LogP contribution in [0.1, 0.15) is 5.69 Å². The van der Waals surface area contributed by atoms with Crippen LogP contribution in [0.2, 0.25) is 5.02 Å². The number of nitrogens with zero attached hydrogens (tertiary/aromatic N) is 3. The highest BCUT2D eigenvalue weighted by Gasteiger charge is 2.35. The van der Waals surface area contributed by atoms with Crippen LogP contribution in [0.5, 0.6) is 0 Å². The standard InChI is InChI=1S/C19H11ClF3N3/c20-14-8-4-7-13(9-14)15-11-24-26-17(19(21,22)23)10-16(25-18(15)26)12-5-2-1-3-6-12/h1-11H. The summed E-state index contributed by atoms with van der Waals surface area (Å²) < 4.78 is 41.6. The Morgan fingerprint density at radius 1 is 0.885 bits per heavy atom. The Bertz CT molecular complexity index is 1090. The maximum absolute atomic E-state index is 13.6. The lowest BCUT2D eigenvalue weighted by Gasteiger charge is -2.11. The van der Waals surface area contributed by atoms with Gasteiger partial charge in [-0.2, -0.15) is 18.3 Å². The van der Waals surface area contributed by atoms with E-state index in [1.165, 1.54) is 6.20 Å². The van der Waals surface area contributed by atoms with Crippen LogP contribution >= 0.6 is 11.6 Å². The third kappa shape index (κ3) is 2.93. The quantitative estimate of drug-likeness (QED) is 0.449. The smallest absolute Gasteiger partial charge is 0.228 e. The number of hydrogen-bond donors (Lipinski definition) is 0. The number of alkyl halides is 3. The van der Waals surface area contributed by atoms with Crippen LogP contribution in [0.3, 0.4) is 0 Å². The van der Waals surface area contributed by atoms with Gasteiger partial charge >= 0.3 is 6.18 Å². The van der Waals surface area contributed by atoms with Crippen LogP contribution in [0, 0.1) is 0 Å². The molecule has 0 spiro atoms. The number of hydrogen-bond acceptors (Lipinski definition) is 2. The predicted molar refractivity (Wildman–Crippen MR) is 93.9 cm³/mol. The first-order valence-corrected chi connectivity index (χ1v) is 8.08. The second-order valence-corrected chi connectivity index (χ2v) is 6.13. The third-order valence-corrected chi connectivity index (χ3v) is 4.20. The van der Waals surface area contributed by atoms with E-state index in [-0.39, 0.29) is 11.3 Å². The highest BCUT2D eigenvalue weighted by atomic mass is 35.5. The second kappa shape index (κ2) is 6.14. The van der Waals surface area contributed by atoms with Crippen LogP contribution in [0.15, 0.2) is 66.9 Å². The summed E-state index contributed by atoms with van der Waals surface area (Å²) in [5.74, 6) is 0. The first kappa shape index (κ1) is 16.6. The van der Waals surface area contributed by atoms with Crippen molar-refractivity contribution in [3.8, 4) is 22.4 Å². The van der Waals surface area contributed by atoms with E-state index in [4.69, 9.17) is 11.6 Å². The SMILES string of the molecule is FC(F)(F)c1cc(-c2ccccc2)nc2c(-c3cccc(Cl)c3)cnn12.